The number of benzene rings is 1. The summed E-state index contributed by atoms with van der Waals surface area (Å²) >= 11 is 9.41. The summed E-state index contributed by atoms with van der Waals surface area (Å²) in [6.07, 6.45) is 3.66. The quantitative estimate of drug-likeness (QED) is 0.640. The van der Waals surface area contributed by atoms with Gasteiger partial charge in [-0.05, 0) is 42.5 Å². The number of hydrogen-bond donors (Lipinski definition) is 0. The van der Waals surface area contributed by atoms with Gasteiger partial charge in [-0.25, -0.2) is 0 Å². The van der Waals surface area contributed by atoms with Crippen molar-refractivity contribution in [1.82, 2.24) is 0 Å². The molecule has 11 heavy (non-hydrogen) atoms. The maximum atomic E-state index is 5.90. The van der Waals surface area contributed by atoms with Gasteiger partial charge in [-0.1, -0.05) is 27.5 Å². The van der Waals surface area contributed by atoms with E-state index >= 15 is 0 Å². The number of aryl methyl sites for hydroxylation is 1. The van der Waals surface area contributed by atoms with E-state index in [0.29, 0.717) is 0 Å². The van der Waals surface area contributed by atoms with Gasteiger partial charge in [-0.2, -0.15) is 0 Å². The third-order valence-corrected chi connectivity index (χ3v) is 3.05. The molecular formula is C9H8BrCl. The van der Waals surface area contributed by atoms with E-state index in [9.17, 15) is 0 Å². The summed E-state index contributed by atoms with van der Waals surface area (Å²) in [5, 5.41) is 0.845. The van der Waals surface area contributed by atoms with Gasteiger partial charge in [0, 0.05) is 9.50 Å². The molecule has 0 bridgehead atoms. The minimum absolute atomic E-state index is 0.845. The maximum Gasteiger partial charge on any atom is 0.0420 e. The summed E-state index contributed by atoms with van der Waals surface area (Å²) in [6, 6.07) is 4.06. The second kappa shape index (κ2) is 2.80. The topological polar surface area (TPSA) is 0 Å². The molecule has 2 heteroatoms. The molecule has 0 unspecified atom stereocenters. The fourth-order valence-corrected chi connectivity index (χ4v) is 2.69. The van der Waals surface area contributed by atoms with E-state index in [1.807, 2.05) is 6.07 Å². The van der Waals surface area contributed by atoms with Crippen molar-refractivity contribution in [1.29, 1.82) is 0 Å². The largest absolute Gasteiger partial charge is 0.0843 e. The van der Waals surface area contributed by atoms with Crippen molar-refractivity contribution in [3.63, 3.8) is 0 Å². The molecule has 0 amide bonds. The number of rotatable bonds is 0. The zero-order chi connectivity index (χ0) is 7.84. The maximum absolute atomic E-state index is 5.90. The van der Waals surface area contributed by atoms with Gasteiger partial charge in [-0.15, -0.1) is 0 Å². The summed E-state index contributed by atoms with van der Waals surface area (Å²) in [4.78, 5) is 0. The van der Waals surface area contributed by atoms with Gasteiger partial charge >= 0.3 is 0 Å². The predicted octanol–water partition coefficient (Wildman–Crippen LogP) is 3.59. The van der Waals surface area contributed by atoms with Gasteiger partial charge in [0.05, 0.1) is 0 Å². The van der Waals surface area contributed by atoms with Gasteiger partial charge in [0.25, 0.3) is 0 Å². The molecule has 0 radical (unpaired) electrons. The van der Waals surface area contributed by atoms with Crippen LogP contribution < -0.4 is 0 Å². The molecule has 2 rings (SSSR count). The Labute approximate surface area is 79.7 Å². The first-order valence-electron chi connectivity index (χ1n) is 3.74. The molecule has 1 aromatic carbocycles. The van der Waals surface area contributed by atoms with Crippen molar-refractivity contribution in [2.45, 2.75) is 19.3 Å². The van der Waals surface area contributed by atoms with Crippen LogP contribution in [0, 0.1) is 0 Å². The molecule has 0 N–H and O–H groups in total. The predicted molar refractivity (Wildman–Crippen MR) is 51.2 cm³/mol. The highest BCUT2D eigenvalue weighted by molar-refractivity contribution is 9.10. The van der Waals surface area contributed by atoms with E-state index in [2.05, 4.69) is 22.0 Å². The molecule has 1 aromatic rings. The molecule has 0 saturated heterocycles. The van der Waals surface area contributed by atoms with E-state index < -0.39 is 0 Å². The van der Waals surface area contributed by atoms with E-state index in [0.717, 1.165) is 5.02 Å². The lowest BCUT2D eigenvalue weighted by Crippen LogP contribution is -1.83. The standard InChI is InChI=1S/C9H8BrCl/c10-9-5-7(11)4-6-2-1-3-8(6)9/h4-5H,1-3H2. The van der Waals surface area contributed by atoms with Crippen molar-refractivity contribution < 1.29 is 0 Å². The molecule has 0 spiro atoms. The highest BCUT2D eigenvalue weighted by Crippen LogP contribution is 2.31. The van der Waals surface area contributed by atoms with Gasteiger partial charge in [-0.3, -0.25) is 0 Å². The van der Waals surface area contributed by atoms with Crippen molar-refractivity contribution in [2.24, 2.45) is 0 Å². The first-order valence-corrected chi connectivity index (χ1v) is 4.91. The van der Waals surface area contributed by atoms with Crippen LogP contribution in [0.4, 0.5) is 0 Å². The normalized spacial score (nSPS) is 15.1. The molecule has 0 atom stereocenters. The fraction of sp³-hybridized carbons (Fsp3) is 0.333. The zero-order valence-corrected chi connectivity index (χ0v) is 8.37. The average molecular weight is 232 g/mol. The molecule has 0 aromatic heterocycles. The van der Waals surface area contributed by atoms with Crippen LogP contribution in [0.3, 0.4) is 0 Å². The smallest absolute Gasteiger partial charge is 0.0420 e. The number of halogens is 2. The zero-order valence-electron chi connectivity index (χ0n) is 6.03. The SMILES string of the molecule is Clc1cc(Br)c2c(c1)CCC2. The Kier molecular flexibility index (Phi) is 1.94. The second-order valence-electron chi connectivity index (χ2n) is 2.88. The van der Waals surface area contributed by atoms with Gasteiger partial charge in [0.2, 0.25) is 0 Å². The summed E-state index contributed by atoms with van der Waals surface area (Å²) < 4.78 is 1.18. The van der Waals surface area contributed by atoms with Crippen molar-refractivity contribution in [3.8, 4) is 0 Å². The van der Waals surface area contributed by atoms with Gasteiger partial charge < -0.3 is 0 Å². The molecule has 0 aliphatic heterocycles. The highest BCUT2D eigenvalue weighted by atomic mass is 79.9. The summed E-state index contributed by atoms with van der Waals surface area (Å²) in [6.45, 7) is 0. The van der Waals surface area contributed by atoms with E-state index in [4.69, 9.17) is 11.6 Å². The Morgan fingerprint density at radius 3 is 2.91 bits per heavy atom. The summed E-state index contributed by atoms with van der Waals surface area (Å²) in [7, 11) is 0. The minimum Gasteiger partial charge on any atom is -0.0843 e. The van der Waals surface area contributed by atoms with E-state index in [1.54, 1.807) is 0 Å². The monoisotopic (exact) mass is 230 g/mol. The lowest BCUT2D eigenvalue weighted by molar-refractivity contribution is 0.910. The molecule has 0 nitrogen and oxygen atoms in total. The Hall–Kier alpha value is -0.0100. The van der Waals surface area contributed by atoms with Crippen LogP contribution in [0.1, 0.15) is 17.5 Å². The van der Waals surface area contributed by atoms with Crippen LogP contribution in [-0.4, -0.2) is 0 Å². The number of hydrogen-bond acceptors (Lipinski definition) is 0. The number of fused-ring (bicyclic) bond motifs is 1. The molecular weight excluding hydrogens is 223 g/mol. The van der Waals surface area contributed by atoms with E-state index in [-0.39, 0.29) is 0 Å². The first-order chi connectivity index (χ1) is 5.27. The Balaban J connectivity index is 2.60. The summed E-state index contributed by atoms with van der Waals surface area (Å²) in [5.74, 6) is 0. The Bertz CT molecular complexity index is 294. The van der Waals surface area contributed by atoms with Crippen LogP contribution in [0.25, 0.3) is 0 Å². The first kappa shape index (κ1) is 7.63. The minimum atomic E-state index is 0.845. The molecule has 58 valence electrons. The Morgan fingerprint density at radius 1 is 1.27 bits per heavy atom. The molecule has 0 fully saturated rings. The van der Waals surface area contributed by atoms with Gasteiger partial charge in [0.15, 0.2) is 0 Å². The van der Waals surface area contributed by atoms with Crippen molar-refractivity contribution in [2.75, 3.05) is 0 Å². The van der Waals surface area contributed by atoms with Gasteiger partial charge in [0.1, 0.15) is 0 Å². The molecule has 0 saturated carbocycles. The second-order valence-corrected chi connectivity index (χ2v) is 4.17. The highest BCUT2D eigenvalue weighted by Gasteiger charge is 2.13. The van der Waals surface area contributed by atoms with Crippen LogP contribution >= 0.6 is 27.5 Å². The fourth-order valence-electron chi connectivity index (χ4n) is 1.62. The summed E-state index contributed by atoms with van der Waals surface area (Å²) in [5.41, 5.74) is 2.87. The average Bonchev–Trinajstić information content (AvgIpc) is 2.34. The Morgan fingerprint density at radius 2 is 2.09 bits per heavy atom. The van der Waals surface area contributed by atoms with Crippen molar-refractivity contribution >= 4 is 27.5 Å². The van der Waals surface area contributed by atoms with Crippen LogP contribution in [0.5, 0.6) is 0 Å². The molecule has 0 heterocycles. The molecule has 1 aliphatic rings. The van der Waals surface area contributed by atoms with Crippen molar-refractivity contribution in [3.05, 3.63) is 32.8 Å². The van der Waals surface area contributed by atoms with Crippen LogP contribution in [-0.2, 0) is 12.8 Å². The molecule has 1 aliphatic carbocycles. The van der Waals surface area contributed by atoms with E-state index in [1.165, 1.54) is 34.9 Å². The third kappa shape index (κ3) is 1.32. The van der Waals surface area contributed by atoms with Crippen LogP contribution in [0.15, 0.2) is 16.6 Å². The lowest BCUT2D eigenvalue weighted by atomic mass is 10.1. The third-order valence-electron chi connectivity index (χ3n) is 2.13. The lowest BCUT2D eigenvalue weighted by Gasteiger charge is -2.01. The van der Waals surface area contributed by atoms with Crippen LogP contribution in [0.2, 0.25) is 5.02 Å².